The number of carboxylic acid groups (broad SMARTS) is 1. The van der Waals surface area contributed by atoms with Gasteiger partial charge in [-0.3, -0.25) is 9.59 Å². The molecule has 1 aliphatic heterocycles. The first kappa shape index (κ1) is 24.4. The second-order valence-corrected chi connectivity index (χ2v) is 8.24. The topological polar surface area (TPSA) is 243 Å². The van der Waals surface area contributed by atoms with Crippen molar-refractivity contribution in [2.24, 2.45) is 0 Å². The zero-order valence-corrected chi connectivity index (χ0v) is 17.8. The number of ketones is 2. The number of aromatic hydroxyl groups is 4. The number of carbonyl (C=O) groups excluding carboxylic acids is 2. The summed E-state index contributed by atoms with van der Waals surface area (Å²) in [6.07, 6.45) is -9.12. The minimum atomic E-state index is -2.03. The fourth-order valence-electron chi connectivity index (χ4n) is 4.58. The molecule has 5 atom stereocenters. The summed E-state index contributed by atoms with van der Waals surface area (Å²) in [5, 5.41) is 91.5. The number of aliphatic hydroxyl groups is 4. The van der Waals surface area contributed by atoms with E-state index in [0.29, 0.717) is 6.07 Å². The third-order valence-electron chi connectivity index (χ3n) is 6.33. The molecule has 1 heterocycles. The number of ether oxygens (including phenoxy) is 1. The highest BCUT2D eigenvalue weighted by molar-refractivity contribution is 6.31. The van der Waals surface area contributed by atoms with Gasteiger partial charge >= 0.3 is 5.97 Å². The maximum absolute atomic E-state index is 13.4. The molecule has 186 valence electrons. The predicted molar refractivity (Wildman–Crippen MR) is 111 cm³/mol. The molecule has 0 amide bonds. The fourth-order valence-corrected chi connectivity index (χ4v) is 4.58. The molecule has 35 heavy (non-hydrogen) atoms. The average molecular weight is 492 g/mol. The third-order valence-corrected chi connectivity index (χ3v) is 6.33. The molecular weight excluding hydrogens is 472 g/mol. The summed E-state index contributed by atoms with van der Waals surface area (Å²) in [7, 11) is 0. The van der Waals surface area contributed by atoms with Crippen LogP contribution in [0, 0.1) is 6.92 Å². The number of aromatic carboxylic acids is 1. The molecule has 0 aromatic heterocycles. The normalized spacial score (nSPS) is 25.8. The Balaban J connectivity index is 1.99. The van der Waals surface area contributed by atoms with E-state index in [1.165, 1.54) is 0 Å². The molecule has 2 unspecified atom stereocenters. The number of carbonyl (C=O) groups is 3. The van der Waals surface area contributed by atoms with Crippen molar-refractivity contribution in [1.29, 1.82) is 0 Å². The second-order valence-electron chi connectivity index (χ2n) is 8.24. The van der Waals surface area contributed by atoms with Gasteiger partial charge < -0.3 is 50.7 Å². The van der Waals surface area contributed by atoms with Crippen molar-refractivity contribution in [2.45, 2.75) is 37.4 Å². The molecule has 0 saturated carbocycles. The van der Waals surface area contributed by atoms with Gasteiger partial charge in [-0.05, 0) is 18.6 Å². The number of hydrogen-bond acceptors (Lipinski definition) is 12. The van der Waals surface area contributed by atoms with E-state index >= 15 is 0 Å². The molecule has 1 fully saturated rings. The maximum Gasteiger partial charge on any atom is 0.339 e. The van der Waals surface area contributed by atoms with Crippen LogP contribution in [-0.2, 0) is 4.74 Å². The van der Waals surface area contributed by atoms with Gasteiger partial charge in [-0.1, -0.05) is 0 Å². The molecule has 2 aromatic carbocycles. The monoisotopic (exact) mass is 492 g/mol. The average Bonchev–Trinajstić information content (AvgIpc) is 2.79. The Kier molecular flexibility index (Phi) is 5.70. The number of phenolic OH excluding ortho intramolecular Hbond substituents is 3. The highest BCUT2D eigenvalue weighted by atomic mass is 16.5. The van der Waals surface area contributed by atoms with Gasteiger partial charge in [-0.2, -0.15) is 0 Å². The zero-order chi connectivity index (χ0) is 26.1. The van der Waals surface area contributed by atoms with E-state index in [9.17, 15) is 60.3 Å². The number of fused-ring (bicyclic) bond motifs is 2. The lowest BCUT2D eigenvalue weighted by Gasteiger charge is -2.40. The van der Waals surface area contributed by atoms with Gasteiger partial charge in [0, 0.05) is 11.1 Å². The number of carboxylic acids is 1. The van der Waals surface area contributed by atoms with Gasteiger partial charge in [0.25, 0.3) is 0 Å². The lowest BCUT2D eigenvalue weighted by molar-refractivity contribution is -0.232. The van der Waals surface area contributed by atoms with E-state index in [0.717, 1.165) is 6.92 Å². The first-order chi connectivity index (χ1) is 16.3. The van der Waals surface area contributed by atoms with Gasteiger partial charge in [0.15, 0.2) is 23.1 Å². The molecular formula is C22H20O13. The predicted octanol–water partition coefficient (Wildman–Crippen LogP) is -1.19. The summed E-state index contributed by atoms with van der Waals surface area (Å²) in [5.41, 5.74) is -4.49. The van der Waals surface area contributed by atoms with E-state index < -0.39 is 111 Å². The lowest BCUT2D eigenvalue weighted by atomic mass is 9.77. The lowest BCUT2D eigenvalue weighted by Crippen LogP contribution is -2.55. The zero-order valence-electron chi connectivity index (χ0n) is 17.8. The first-order valence-electron chi connectivity index (χ1n) is 10.2. The third kappa shape index (κ3) is 3.25. The molecule has 0 spiro atoms. The van der Waals surface area contributed by atoms with Crippen LogP contribution in [-0.4, -0.2) is 94.5 Å². The molecule has 4 rings (SSSR count). The Bertz CT molecular complexity index is 1300. The van der Waals surface area contributed by atoms with Crippen molar-refractivity contribution in [2.75, 3.05) is 6.61 Å². The van der Waals surface area contributed by atoms with Crippen LogP contribution in [0.2, 0.25) is 0 Å². The van der Waals surface area contributed by atoms with Crippen LogP contribution in [0.5, 0.6) is 23.0 Å². The van der Waals surface area contributed by atoms with Crippen LogP contribution in [0.3, 0.4) is 0 Å². The Morgan fingerprint density at radius 2 is 1.49 bits per heavy atom. The Hall–Kier alpha value is -3.75. The van der Waals surface area contributed by atoms with Crippen LogP contribution in [0.25, 0.3) is 0 Å². The van der Waals surface area contributed by atoms with Crippen molar-refractivity contribution in [1.82, 2.24) is 0 Å². The number of aliphatic hydroxyl groups excluding tert-OH is 4. The van der Waals surface area contributed by atoms with Gasteiger partial charge in [-0.15, -0.1) is 0 Å². The van der Waals surface area contributed by atoms with Crippen LogP contribution in [0.1, 0.15) is 59.4 Å². The summed E-state index contributed by atoms with van der Waals surface area (Å²) in [4.78, 5) is 38.1. The standard InChI is InChI=1S/C22H20O13/c1-4-8-5(2-6(24)9(4)22(33)34)13(25)10-11(15(8)27)16(28)12(18(30)17(10)29)21-20(32)19(31)14(26)7(3-23)35-21/h2,7,14,19-21,23-24,26,28-32H,3H2,1H3,(H,33,34)/t7?,14-,19-,20?,21-/m0/s1. The molecule has 2 aliphatic rings. The number of hydrogen-bond donors (Lipinski definition) is 9. The molecule has 0 radical (unpaired) electrons. The molecule has 9 N–H and O–H groups in total. The number of phenols is 4. The van der Waals surface area contributed by atoms with E-state index in [2.05, 4.69) is 0 Å². The fraction of sp³-hybridized carbons (Fsp3) is 0.318. The van der Waals surface area contributed by atoms with Crippen LogP contribution in [0.4, 0.5) is 0 Å². The van der Waals surface area contributed by atoms with E-state index in [-0.39, 0.29) is 5.56 Å². The van der Waals surface area contributed by atoms with Crippen LogP contribution < -0.4 is 0 Å². The number of benzene rings is 2. The minimum Gasteiger partial charge on any atom is -0.507 e. The Morgan fingerprint density at radius 1 is 0.886 bits per heavy atom. The van der Waals surface area contributed by atoms with E-state index in [1.807, 2.05) is 0 Å². The molecule has 13 heteroatoms. The highest BCUT2D eigenvalue weighted by Gasteiger charge is 2.48. The largest absolute Gasteiger partial charge is 0.507 e. The SMILES string of the molecule is Cc1c(C(=O)O)c(O)cc2c1C(=O)c1c(O)c([C@@H]3OC(CO)[C@H](O)[C@H](O)C3O)c(O)c(O)c1C2=O. The number of rotatable bonds is 3. The summed E-state index contributed by atoms with van der Waals surface area (Å²) >= 11 is 0. The van der Waals surface area contributed by atoms with Crippen molar-refractivity contribution in [3.8, 4) is 23.0 Å². The van der Waals surface area contributed by atoms with E-state index in [4.69, 9.17) is 4.74 Å². The summed E-state index contributed by atoms with van der Waals surface area (Å²) < 4.78 is 5.30. The van der Waals surface area contributed by atoms with Crippen molar-refractivity contribution in [3.05, 3.63) is 45.0 Å². The molecule has 13 nitrogen and oxygen atoms in total. The summed E-state index contributed by atoms with van der Waals surface area (Å²) in [6, 6.07) is 0.716. The Morgan fingerprint density at radius 3 is 2.06 bits per heavy atom. The maximum atomic E-state index is 13.4. The first-order valence-corrected chi connectivity index (χ1v) is 10.2. The second kappa shape index (κ2) is 8.18. The summed E-state index contributed by atoms with van der Waals surface area (Å²) in [6.45, 7) is 0.291. The molecule has 2 aromatic rings. The van der Waals surface area contributed by atoms with Crippen molar-refractivity contribution in [3.63, 3.8) is 0 Å². The quantitative estimate of drug-likeness (QED) is 0.154. The Labute approximate surface area is 195 Å². The molecule has 0 bridgehead atoms. The van der Waals surface area contributed by atoms with Crippen molar-refractivity contribution >= 4 is 17.5 Å². The molecule has 1 aliphatic carbocycles. The van der Waals surface area contributed by atoms with Crippen LogP contribution in [0.15, 0.2) is 6.07 Å². The van der Waals surface area contributed by atoms with Crippen LogP contribution >= 0.6 is 0 Å². The van der Waals surface area contributed by atoms with Gasteiger partial charge in [0.2, 0.25) is 0 Å². The summed E-state index contributed by atoms with van der Waals surface area (Å²) in [5.74, 6) is -8.24. The highest BCUT2D eigenvalue weighted by Crippen LogP contribution is 2.52. The minimum absolute atomic E-state index is 0.308. The van der Waals surface area contributed by atoms with Crippen molar-refractivity contribution < 1.29 is 65.1 Å². The van der Waals surface area contributed by atoms with Gasteiger partial charge in [-0.25, -0.2) is 4.79 Å². The molecule has 1 saturated heterocycles. The van der Waals surface area contributed by atoms with E-state index in [1.54, 1.807) is 0 Å². The van der Waals surface area contributed by atoms with Gasteiger partial charge in [0.1, 0.15) is 47.6 Å². The smallest absolute Gasteiger partial charge is 0.339 e. The van der Waals surface area contributed by atoms with Gasteiger partial charge in [0.05, 0.1) is 23.3 Å².